The fraction of sp³-hybridized carbons (Fsp3) is 0.364. The Kier molecular flexibility index (Phi) is 5.15. The van der Waals surface area contributed by atoms with Gasteiger partial charge in [-0.2, -0.15) is 0 Å². The van der Waals surface area contributed by atoms with Crippen molar-refractivity contribution >= 4 is 39.3 Å². The predicted molar refractivity (Wildman–Crippen MR) is 72.6 cm³/mol. The van der Waals surface area contributed by atoms with Gasteiger partial charge in [0.25, 0.3) is 0 Å². The molecular weight excluding hydrogens is 288 g/mol. The quantitative estimate of drug-likeness (QED) is 0.664. The van der Waals surface area contributed by atoms with E-state index in [1.165, 1.54) is 11.8 Å². The molecule has 5 heteroatoms. The lowest BCUT2D eigenvalue weighted by Crippen LogP contribution is -2.31. The highest BCUT2D eigenvalue weighted by Crippen LogP contribution is 2.27. The first-order chi connectivity index (χ1) is 7.49. The van der Waals surface area contributed by atoms with Crippen LogP contribution in [0.2, 0.25) is 0 Å². The molecule has 0 aliphatic carbocycles. The summed E-state index contributed by atoms with van der Waals surface area (Å²) in [5, 5.41) is 2.83. The van der Waals surface area contributed by atoms with Crippen molar-refractivity contribution in [3.05, 3.63) is 22.7 Å². The number of carbonyl (C=O) groups excluding carboxylic acids is 1. The molecule has 0 bridgehead atoms. The Morgan fingerprint density at radius 3 is 2.88 bits per heavy atom. The zero-order chi connectivity index (χ0) is 12.1. The van der Waals surface area contributed by atoms with Crippen LogP contribution < -0.4 is 11.1 Å². The van der Waals surface area contributed by atoms with Crippen LogP contribution in [0, 0.1) is 0 Å². The van der Waals surface area contributed by atoms with E-state index < -0.39 is 0 Å². The number of halogens is 1. The van der Waals surface area contributed by atoms with Crippen LogP contribution in [0.25, 0.3) is 0 Å². The van der Waals surface area contributed by atoms with Gasteiger partial charge in [0, 0.05) is 21.1 Å². The molecular formula is C11H15BrN2OS. The third-order valence-corrected chi connectivity index (χ3v) is 3.35. The maximum absolute atomic E-state index is 11.4. The van der Waals surface area contributed by atoms with Crippen molar-refractivity contribution in [2.24, 2.45) is 0 Å². The predicted octanol–water partition coefficient (Wildman–Crippen LogP) is 2.65. The molecule has 0 unspecified atom stereocenters. The molecule has 0 aliphatic rings. The summed E-state index contributed by atoms with van der Waals surface area (Å²) in [6, 6.07) is 5.80. The zero-order valence-electron chi connectivity index (χ0n) is 9.29. The lowest BCUT2D eigenvalue weighted by molar-refractivity contribution is -0.119. The fourth-order valence-electron chi connectivity index (χ4n) is 1.14. The summed E-state index contributed by atoms with van der Waals surface area (Å²) in [6.07, 6.45) is 0. The van der Waals surface area contributed by atoms with Crippen LogP contribution in [0.15, 0.2) is 27.6 Å². The zero-order valence-corrected chi connectivity index (χ0v) is 11.7. The minimum Gasteiger partial charge on any atom is -0.398 e. The van der Waals surface area contributed by atoms with E-state index in [1.54, 1.807) is 0 Å². The molecule has 0 saturated heterocycles. The maximum atomic E-state index is 11.4. The Labute approximate surface area is 108 Å². The average Bonchev–Trinajstić information content (AvgIpc) is 2.18. The van der Waals surface area contributed by atoms with Gasteiger partial charge >= 0.3 is 0 Å². The fourth-order valence-corrected chi connectivity index (χ4v) is 2.47. The summed E-state index contributed by atoms with van der Waals surface area (Å²) in [7, 11) is 0. The SMILES string of the molecule is CC(C)NC(=O)CSc1cc(Br)ccc1N. The van der Waals surface area contributed by atoms with E-state index in [0.717, 1.165) is 9.37 Å². The van der Waals surface area contributed by atoms with E-state index in [2.05, 4.69) is 21.2 Å². The highest BCUT2D eigenvalue weighted by atomic mass is 79.9. The number of benzene rings is 1. The average molecular weight is 303 g/mol. The summed E-state index contributed by atoms with van der Waals surface area (Å²) < 4.78 is 0.966. The van der Waals surface area contributed by atoms with Gasteiger partial charge in [-0.1, -0.05) is 15.9 Å². The third kappa shape index (κ3) is 4.45. The number of thioether (sulfide) groups is 1. The van der Waals surface area contributed by atoms with Gasteiger partial charge in [-0.05, 0) is 32.0 Å². The minimum absolute atomic E-state index is 0.0272. The second-order valence-corrected chi connectivity index (χ2v) is 5.63. The number of nitrogens with two attached hydrogens (primary N) is 1. The molecule has 3 nitrogen and oxygen atoms in total. The molecule has 0 spiro atoms. The molecule has 0 saturated carbocycles. The molecule has 1 aromatic carbocycles. The summed E-state index contributed by atoms with van der Waals surface area (Å²) in [5.74, 6) is 0.415. The number of hydrogen-bond acceptors (Lipinski definition) is 3. The molecule has 16 heavy (non-hydrogen) atoms. The second-order valence-electron chi connectivity index (χ2n) is 3.69. The van der Waals surface area contributed by atoms with Gasteiger partial charge in [0.2, 0.25) is 5.91 Å². The molecule has 1 rings (SSSR count). The first-order valence-electron chi connectivity index (χ1n) is 4.96. The molecule has 1 amide bonds. The number of nitrogens with one attached hydrogen (secondary N) is 1. The smallest absolute Gasteiger partial charge is 0.230 e. The topological polar surface area (TPSA) is 55.1 Å². The highest BCUT2D eigenvalue weighted by Gasteiger charge is 2.06. The molecule has 0 radical (unpaired) electrons. The van der Waals surface area contributed by atoms with Crippen molar-refractivity contribution in [3.63, 3.8) is 0 Å². The van der Waals surface area contributed by atoms with E-state index in [1.807, 2.05) is 32.0 Å². The molecule has 0 aromatic heterocycles. The van der Waals surface area contributed by atoms with Crippen molar-refractivity contribution in [2.75, 3.05) is 11.5 Å². The van der Waals surface area contributed by atoms with Crippen molar-refractivity contribution < 1.29 is 4.79 Å². The number of anilines is 1. The van der Waals surface area contributed by atoms with E-state index in [0.29, 0.717) is 11.4 Å². The van der Waals surface area contributed by atoms with Crippen molar-refractivity contribution in [1.29, 1.82) is 0 Å². The van der Waals surface area contributed by atoms with Gasteiger partial charge in [-0.15, -0.1) is 11.8 Å². The number of amides is 1. The van der Waals surface area contributed by atoms with Gasteiger partial charge in [0.05, 0.1) is 5.75 Å². The third-order valence-electron chi connectivity index (χ3n) is 1.78. The monoisotopic (exact) mass is 302 g/mol. The van der Waals surface area contributed by atoms with E-state index in [4.69, 9.17) is 5.73 Å². The molecule has 3 N–H and O–H groups in total. The van der Waals surface area contributed by atoms with E-state index in [-0.39, 0.29) is 11.9 Å². The van der Waals surface area contributed by atoms with Crippen molar-refractivity contribution in [2.45, 2.75) is 24.8 Å². The maximum Gasteiger partial charge on any atom is 0.230 e. The first kappa shape index (κ1) is 13.4. The standard InChI is InChI=1S/C11H15BrN2OS/c1-7(2)14-11(15)6-16-10-5-8(12)3-4-9(10)13/h3-5,7H,6,13H2,1-2H3,(H,14,15). The Bertz CT molecular complexity index is 382. The Balaban J connectivity index is 2.54. The normalized spacial score (nSPS) is 10.5. The lowest BCUT2D eigenvalue weighted by atomic mass is 10.3. The lowest BCUT2D eigenvalue weighted by Gasteiger charge is -2.09. The van der Waals surface area contributed by atoms with Gasteiger partial charge in [0.1, 0.15) is 0 Å². The van der Waals surface area contributed by atoms with Crippen LogP contribution in [0.5, 0.6) is 0 Å². The second kappa shape index (κ2) is 6.15. The summed E-state index contributed by atoms with van der Waals surface area (Å²) in [4.78, 5) is 12.4. The van der Waals surface area contributed by atoms with Crippen LogP contribution in [0.1, 0.15) is 13.8 Å². The molecule has 0 fully saturated rings. The van der Waals surface area contributed by atoms with E-state index >= 15 is 0 Å². The minimum atomic E-state index is 0.0272. The number of rotatable bonds is 4. The number of hydrogen-bond donors (Lipinski definition) is 2. The molecule has 0 atom stereocenters. The van der Waals surface area contributed by atoms with Crippen molar-refractivity contribution in [3.8, 4) is 0 Å². The first-order valence-corrected chi connectivity index (χ1v) is 6.74. The van der Waals surface area contributed by atoms with Crippen LogP contribution in [0.3, 0.4) is 0 Å². The number of nitrogen functional groups attached to an aromatic ring is 1. The number of carbonyl (C=O) groups is 1. The van der Waals surface area contributed by atoms with Gasteiger partial charge in [-0.25, -0.2) is 0 Å². The van der Waals surface area contributed by atoms with Gasteiger partial charge < -0.3 is 11.1 Å². The molecule has 1 aromatic rings. The van der Waals surface area contributed by atoms with Gasteiger partial charge in [0.15, 0.2) is 0 Å². The Morgan fingerprint density at radius 2 is 2.25 bits per heavy atom. The van der Waals surface area contributed by atoms with Crippen LogP contribution in [0.4, 0.5) is 5.69 Å². The molecule has 88 valence electrons. The van der Waals surface area contributed by atoms with Gasteiger partial charge in [-0.3, -0.25) is 4.79 Å². The summed E-state index contributed by atoms with van der Waals surface area (Å²) >= 11 is 4.82. The van der Waals surface area contributed by atoms with Crippen molar-refractivity contribution in [1.82, 2.24) is 5.32 Å². The largest absolute Gasteiger partial charge is 0.398 e. The summed E-state index contributed by atoms with van der Waals surface area (Å²) in [5.41, 5.74) is 6.50. The Hall–Kier alpha value is -0.680. The molecule has 0 heterocycles. The van der Waals surface area contributed by atoms with Crippen LogP contribution >= 0.6 is 27.7 Å². The van der Waals surface area contributed by atoms with Crippen LogP contribution in [-0.2, 0) is 4.79 Å². The van der Waals surface area contributed by atoms with Crippen LogP contribution in [-0.4, -0.2) is 17.7 Å². The highest BCUT2D eigenvalue weighted by molar-refractivity contribution is 9.10. The summed E-state index contributed by atoms with van der Waals surface area (Å²) in [6.45, 7) is 3.88. The Morgan fingerprint density at radius 1 is 1.56 bits per heavy atom. The molecule has 0 aliphatic heterocycles. The van der Waals surface area contributed by atoms with E-state index in [9.17, 15) is 4.79 Å².